The second kappa shape index (κ2) is 38.3. The van der Waals surface area contributed by atoms with Gasteiger partial charge in [0, 0.05) is 13.0 Å². The standard InChI is InChI=1S/C46H78NO7P/c1-6-8-10-12-14-16-18-20-22-23-24-25-26-27-29-31-33-35-37-39-46(48)54-45(44-53-55(49,50)52-42-40-47(3,4)5)43-51-41-38-36-34-32-30-28-21-19-17-15-13-11-9-7-2/h8-11,14-17,20-22,24-25,27-29,45H,6-7,12-13,18-19,23,26,30-44H2,1-5H3/p+1/b10-8-,11-9-,16-14-,17-15-,22-20-,25-24-,28-21-,29-27-. The van der Waals surface area contributed by atoms with Crippen LogP contribution in [0.15, 0.2) is 97.2 Å². The van der Waals surface area contributed by atoms with Crippen LogP contribution < -0.4 is 0 Å². The quantitative estimate of drug-likeness (QED) is 0.0220. The second-order valence-electron chi connectivity index (χ2n) is 14.6. The fraction of sp³-hybridized carbons (Fsp3) is 0.630. The normalized spacial score (nSPS) is 14.8. The van der Waals surface area contributed by atoms with E-state index in [4.69, 9.17) is 18.5 Å². The third-order valence-electron chi connectivity index (χ3n) is 8.14. The number of allylic oxidation sites excluding steroid dienone is 16. The summed E-state index contributed by atoms with van der Waals surface area (Å²) in [4.78, 5) is 22.9. The third kappa shape index (κ3) is 42.4. The van der Waals surface area contributed by atoms with Crippen LogP contribution in [0.2, 0.25) is 0 Å². The van der Waals surface area contributed by atoms with Gasteiger partial charge in [-0.05, 0) is 89.9 Å². The van der Waals surface area contributed by atoms with Crippen LogP contribution in [-0.2, 0) is 27.9 Å². The highest BCUT2D eigenvalue weighted by Crippen LogP contribution is 2.43. The molecule has 0 rings (SSSR count). The number of likely N-dealkylation sites (N-methyl/N-ethyl adjacent to an activating group) is 1. The minimum Gasteiger partial charge on any atom is -0.457 e. The van der Waals surface area contributed by atoms with Crippen LogP contribution >= 0.6 is 7.82 Å². The average Bonchev–Trinajstić information content (AvgIpc) is 3.13. The van der Waals surface area contributed by atoms with Crippen molar-refractivity contribution in [2.24, 2.45) is 0 Å². The summed E-state index contributed by atoms with van der Waals surface area (Å²) in [5.74, 6) is -0.359. The van der Waals surface area contributed by atoms with E-state index >= 15 is 0 Å². The highest BCUT2D eigenvalue weighted by Gasteiger charge is 2.26. The number of phosphoric ester groups is 1. The molecule has 0 saturated carbocycles. The van der Waals surface area contributed by atoms with Gasteiger partial charge in [-0.25, -0.2) is 4.57 Å². The van der Waals surface area contributed by atoms with Crippen molar-refractivity contribution in [3.8, 4) is 0 Å². The van der Waals surface area contributed by atoms with Crippen molar-refractivity contribution < 1.29 is 37.3 Å². The maximum Gasteiger partial charge on any atom is 0.472 e. The molecule has 0 aliphatic heterocycles. The number of unbranched alkanes of at least 4 members (excludes halogenated alkanes) is 7. The second-order valence-corrected chi connectivity index (χ2v) is 16.1. The molecule has 314 valence electrons. The molecule has 0 aliphatic carbocycles. The maximum absolute atomic E-state index is 12.7. The lowest BCUT2D eigenvalue weighted by Gasteiger charge is -2.24. The molecular formula is C46H79NO7P+. The number of phosphoric acid groups is 1. The highest BCUT2D eigenvalue weighted by atomic mass is 31.2. The SMILES string of the molecule is CC/C=C\C/C=C\C/C=C\C/C=C\C/C=C\CCCCCC(=O)OC(COCCCCCC/C=C\C/C=C\C/C=C\CC)COP(=O)(O)OCC[N+](C)(C)C. The van der Waals surface area contributed by atoms with Crippen LogP contribution in [0.5, 0.6) is 0 Å². The van der Waals surface area contributed by atoms with Gasteiger partial charge in [-0.15, -0.1) is 0 Å². The van der Waals surface area contributed by atoms with E-state index in [0.717, 1.165) is 103 Å². The molecule has 0 bridgehead atoms. The Kier molecular flexibility index (Phi) is 36.5. The van der Waals surface area contributed by atoms with Crippen molar-refractivity contribution in [3.63, 3.8) is 0 Å². The molecule has 0 radical (unpaired) electrons. The van der Waals surface area contributed by atoms with Crippen molar-refractivity contribution in [3.05, 3.63) is 97.2 Å². The Morgan fingerprint density at radius 3 is 1.47 bits per heavy atom. The molecule has 2 unspecified atom stereocenters. The van der Waals surface area contributed by atoms with Gasteiger partial charge < -0.3 is 18.9 Å². The molecule has 0 aromatic rings. The molecule has 0 aromatic carbocycles. The molecule has 0 heterocycles. The predicted molar refractivity (Wildman–Crippen MR) is 233 cm³/mol. The minimum atomic E-state index is -4.30. The smallest absolute Gasteiger partial charge is 0.457 e. The summed E-state index contributed by atoms with van der Waals surface area (Å²) in [6, 6.07) is 0. The number of quaternary nitrogens is 1. The van der Waals surface area contributed by atoms with Crippen molar-refractivity contribution in [1.82, 2.24) is 0 Å². The fourth-order valence-electron chi connectivity index (χ4n) is 4.94. The van der Waals surface area contributed by atoms with Crippen LogP contribution in [0.1, 0.15) is 129 Å². The molecule has 0 aromatic heterocycles. The predicted octanol–water partition coefficient (Wildman–Crippen LogP) is 12.3. The Morgan fingerprint density at radius 2 is 1.00 bits per heavy atom. The zero-order valence-electron chi connectivity index (χ0n) is 35.4. The fourth-order valence-corrected chi connectivity index (χ4v) is 5.69. The summed E-state index contributed by atoms with van der Waals surface area (Å²) in [6.45, 7) is 5.25. The lowest BCUT2D eigenvalue weighted by Crippen LogP contribution is -2.37. The van der Waals surface area contributed by atoms with Gasteiger partial charge in [0.1, 0.15) is 19.3 Å². The Bertz CT molecular complexity index is 1190. The molecule has 0 fully saturated rings. The number of hydrogen-bond acceptors (Lipinski definition) is 6. The first-order chi connectivity index (χ1) is 26.6. The van der Waals surface area contributed by atoms with Gasteiger partial charge in [0.05, 0.1) is 34.4 Å². The first kappa shape index (κ1) is 52.4. The third-order valence-corrected chi connectivity index (χ3v) is 9.13. The first-order valence-electron chi connectivity index (χ1n) is 21.0. The number of carbonyl (C=O) groups is 1. The first-order valence-corrected chi connectivity index (χ1v) is 22.5. The lowest BCUT2D eigenvalue weighted by molar-refractivity contribution is -0.870. The Balaban J connectivity index is 4.39. The number of esters is 1. The van der Waals surface area contributed by atoms with E-state index in [1.165, 1.54) is 0 Å². The molecule has 55 heavy (non-hydrogen) atoms. The summed E-state index contributed by atoms with van der Waals surface area (Å²) in [7, 11) is 1.61. The van der Waals surface area contributed by atoms with E-state index in [1.807, 2.05) is 21.1 Å². The molecule has 2 atom stereocenters. The Hall–Kier alpha value is -2.58. The maximum atomic E-state index is 12.7. The van der Waals surface area contributed by atoms with Crippen LogP contribution in [0.3, 0.4) is 0 Å². The molecular weight excluding hydrogens is 709 g/mol. The van der Waals surface area contributed by atoms with Gasteiger partial charge in [0.15, 0.2) is 0 Å². The summed E-state index contributed by atoms with van der Waals surface area (Å²) in [6.07, 6.45) is 51.6. The summed E-state index contributed by atoms with van der Waals surface area (Å²) in [5, 5.41) is 0. The number of nitrogens with zero attached hydrogens (tertiary/aromatic N) is 1. The molecule has 0 saturated heterocycles. The van der Waals surface area contributed by atoms with Gasteiger partial charge >= 0.3 is 13.8 Å². The van der Waals surface area contributed by atoms with E-state index in [2.05, 4.69) is 111 Å². The summed E-state index contributed by atoms with van der Waals surface area (Å²) < 4.78 is 34.9. The number of ether oxygens (including phenoxy) is 2. The average molecular weight is 789 g/mol. The van der Waals surface area contributed by atoms with Gasteiger partial charge in [-0.1, -0.05) is 130 Å². The molecule has 0 spiro atoms. The molecule has 0 amide bonds. The zero-order valence-corrected chi connectivity index (χ0v) is 36.3. The van der Waals surface area contributed by atoms with Crippen molar-refractivity contribution >= 4 is 13.8 Å². The highest BCUT2D eigenvalue weighted by molar-refractivity contribution is 7.47. The molecule has 8 nitrogen and oxygen atoms in total. The summed E-state index contributed by atoms with van der Waals surface area (Å²) in [5.41, 5.74) is 0. The van der Waals surface area contributed by atoms with E-state index in [1.54, 1.807) is 0 Å². The molecule has 1 N–H and O–H groups in total. The zero-order chi connectivity index (χ0) is 40.6. The van der Waals surface area contributed by atoms with E-state index in [0.29, 0.717) is 24.1 Å². The van der Waals surface area contributed by atoms with Crippen LogP contribution in [0.25, 0.3) is 0 Å². The minimum absolute atomic E-state index is 0.0711. The molecule has 9 heteroatoms. The van der Waals surface area contributed by atoms with Crippen LogP contribution in [-0.4, -0.2) is 75.6 Å². The number of rotatable bonds is 37. The largest absolute Gasteiger partial charge is 0.472 e. The van der Waals surface area contributed by atoms with Crippen LogP contribution in [0.4, 0.5) is 0 Å². The topological polar surface area (TPSA) is 91.3 Å². The van der Waals surface area contributed by atoms with Crippen LogP contribution in [0, 0.1) is 0 Å². The van der Waals surface area contributed by atoms with Crippen molar-refractivity contribution in [1.29, 1.82) is 0 Å². The van der Waals surface area contributed by atoms with Gasteiger partial charge in [-0.3, -0.25) is 13.8 Å². The monoisotopic (exact) mass is 789 g/mol. The Morgan fingerprint density at radius 1 is 0.564 bits per heavy atom. The Labute approximate surface area is 337 Å². The summed E-state index contributed by atoms with van der Waals surface area (Å²) >= 11 is 0. The van der Waals surface area contributed by atoms with Crippen molar-refractivity contribution in [2.75, 3.05) is 54.1 Å². The van der Waals surface area contributed by atoms with Gasteiger partial charge in [0.25, 0.3) is 0 Å². The van der Waals surface area contributed by atoms with E-state index < -0.39 is 13.9 Å². The lowest BCUT2D eigenvalue weighted by atomic mass is 10.1. The van der Waals surface area contributed by atoms with E-state index in [9.17, 15) is 14.3 Å². The number of hydrogen-bond donors (Lipinski definition) is 1. The van der Waals surface area contributed by atoms with E-state index in [-0.39, 0.29) is 32.2 Å². The molecule has 0 aliphatic rings. The van der Waals surface area contributed by atoms with Gasteiger partial charge in [-0.2, -0.15) is 0 Å². The number of carbonyl (C=O) groups excluding carboxylic acids is 1. The van der Waals surface area contributed by atoms with Crippen molar-refractivity contribution in [2.45, 2.75) is 136 Å². The van der Waals surface area contributed by atoms with Gasteiger partial charge in [0.2, 0.25) is 0 Å².